The van der Waals surface area contributed by atoms with Crippen molar-refractivity contribution >= 4 is 27.6 Å². The van der Waals surface area contributed by atoms with E-state index in [1.165, 1.54) is 12.1 Å². The van der Waals surface area contributed by atoms with E-state index >= 15 is 0 Å². The smallest absolute Gasteiger partial charge is 0.416 e. The molecule has 2 aromatic carbocycles. The molecule has 0 fully saturated rings. The number of benzene rings is 2. The zero-order chi connectivity index (χ0) is 30.8. The molecule has 0 saturated heterocycles. The van der Waals surface area contributed by atoms with Crippen LogP contribution in [-0.4, -0.2) is 57.6 Å². The molecule has 2 N–H and O–H groups in total. The first-order chi connectivity index (χ1) is 18.9. The summed E-state index contributed by atoms with van der Waals surface area (Å²) in [5, 5.41) is 1.87. The molecule has 1 atom stereocenters. The van der Waals surface area contributed by atoms with E-state index in [0.29, 0.717) is 4.31 Å². The van der Waals surface area contributed by atoms with Gasteiger partial charge in [0.1, 0.15) is 11.3 Å². The summed E-state index contributed by atoms with van der Waals surface area (Å²) in [6, 6.07) is 10.2. The number of alkyl halides is 6. The topological polar surface area (TPSA) is 105 Å². The normalized spacial score (nSPS) is 18.3. The first-order valence-electron chi connectivity index (χ1n) is 12.1. The molecule has 0 saturated carbocycles. The Labute approximate surface area is 232 Å². The molecule has 0 unspecified atom stereocenters. The number of aryl methyl sites for hydroxylation is 1. The van der Waals surface area contributed by atoms with Gasteiger partial charge in [0.05, 0.1) is 6.61 Å². The zero-order valence-corrected chi connectivity index (χ0v) is 22.9. The van der Waals surface area contributed by atoms with Gasteiger partial charge in [-0.25, -0.2) is 4.72 Å². The van der Waals surface area contributed by atoms with Crippen LogP contribution in [0.1, 0.15) is 36.0 Å². The van der Waals surface area contributed by atoms with Gasteiger partial charge in [-0.1, -0.05) is 42.0 Å². The molecule has 1 aliphatic heterocycles. The Morgan fingerprint density at radius 2 is 1.61 bits per heavy atom. The maximum absolute atomic E-state index is 14.8. The third-order valence-corrected chi connectivity index (χ3v) is 7.74. The zero-order valence-electron chi connectivity index (χ0n) is 22.1. The van der Waals surface area contributed by atoms with Gasteiger partial charge in [0.25, 0.3) is 11.8 Å². The van der Waals surface area contributed by atoms with E-state index < -0.39 is 63.9 Å². The molecule has 8 nitrogen and oxygen atoms in total. The summed E-state index contributed by atoms with van der Waals surface area (Å²) in [5.74, 6) is -2.85. The molecule has 0 radical (unpaired) electrons. The second kappa shape index (κ2) is 11.7. The number of nitrogens with one attached hydrogen (secondary N) is 2. The van der Waals surface area contributed by atoms with Crippen molar-refractivity contribution in [1.29, 1.82) is 0 Å². The molecule has 15 heteroatoms. The number of nitrogens with zero attached hydrogens (tertiary/aromatic N) is 1. The second-order valence-corrected chi connectivity index (χ2v) is 11.4. The Morgan fingerprint density at radius 3 is 2.12 bits per heavy atom. The third-order valence-electron chi connectivity index (χ3n) is 6.33. The highest BCUT2D eigenvalue weighted by Crippen LogP contribution is 2.48. The molecule has 2 amide bonds. The highest BCUT2D eigenvalue weighted by Gasteiger charge is 2.60. The fourth-order valence-electron chi connectivity index (χ4n) is 4.10. The summed E-state index contributed by atoms with van der Waals surface area (Å²) < 4.78 is 113. The maximum atomic E-state index is 14.8. The van der Waals surface area contributed by atoms with Crippen LogP contribution in [0.15, 0.2) is 54.1 Å². The molecule has 1 aliphatic rings. The molecule has 2 aromatic rings. The van der Waals surface area contributed by atoms with Crippen molar-refractivity contribution in [2.24, 2.45) is 0 Å². The Kier molecular flexibility index (Phi) is 9.13. The molecule has 0 aliphatic carbocycles. The van der Waals surface area contributed by atoms with Crippen LogP contribution < -0.4 is 14.8 Å². The summed E-state index contributed by atoms with van der Waals surface area (Å²) in [5.41, 5.74) is -3.79. The van der Waals surface area contributed by atoms with Crippen LogP contribution in [-0.2, 0) is 25.3 Å². The molecule has 41 heavy (non-hydrogen) atoms. The average molecular weight is 608 g/mol. The fraction of sp³-hybridized carbons (Fsp3) is 0.385. The van der Waals surface area contributed by atoms with Crippen LogP contribution in [0.5, 0.6) is 5.75 Å². The van der Waals surface area contributed by atoms with Gasteiger partial charge in [0, 0.05) is 26.9 Å². The number of halogens is 6. The lowest BCUT2D eigenvalue weighted by Gasteiger charge is -2.41. The Balaban J connectivity index is 2.06. The number of hydrogen-bond donors (Lipinski definition) is 2. The summed E-state index contributed by atoms with van der Waals surface area (Å²) in [7, 11) is -2.16. The number of carbonyl (C=O) groups is 2. The summed E-state index contributed by atoms with van der Waals surface area (Å²) in [4.78, 5) is 26.2. The minimum absolute atomic E-state index is 0.0126. The largest absolute Gasteiger partial charge is 0.494 e. The van der Waals surface area contributed by atoms with Crippen molar-refractivity contribution in [1.82, 2.24) is 14.3 Å². The van der Waals surface area contributed by atoms with E-state index in [1.807, 2.05) is 5.32 Å². The van der Waals surface area contributed by atoms with Crippen molar-refractivity contribution in [2.45, 2.75) is 44.1 Å². The van der Waals surface area contributed by atoms with Gasteiger partial charge >= 0.3 is 22.6 Å². The molecule has 3 rings (SSSR count). The fourth-order valence-corrected chi connectivity index (χ4v) is 4.62. The van der Waals surface area contributed by atoms with Crippen LogP contribution in [0.3, 0.4) is 0 Å². The van der Waals surface area contributed by atoms with E-state index in [1.54, 1.807) is 23.8 Å². The van der Waals surface area contributed by atoms with E-state index in [-0.39, 0.29) is 29.9 Å². The van der Waals surface area contributed by atoms with Crippen LogP contribution in [0.2, 0.25) is 0 Å². The quantitative estimate of drug-likeness (QED) is 0.250. The summed E-state index contributed by atoms with van der Waals surface area (Å²) in [6.45, 7) is 1.39. The number of hydrogen-bond acceptors (Lipinski definition) is 5. The van der Waals surface area contributed by atoms with Gasteiger partial charge in [-0.2, -0.15) is 39.1 Å². The lowest BCUT2D eigenvalue weighted by Crippen LogP contribution is -2.60. The Hall–Kier alpha value is -3.59. The average Bonchev–Trinajstić information content (AvgIpc) is 2.85. The van der Waals surface area contributed by atoms with Gasteiger partial charge in [-0.15, -0.1) is 0 Å². The lowest BCUT2D eigenvalue weighted by atomic mass is 9.76. The van der Waals surface area contributed by atoms with Crippen molar-refractivity contribution in [3.8, 4) is 5.75 Å². The van der Waals surface area contributed by atoms with E-state index in [9.17, 15) is 44.3 Å². The SMILES string of the molecule is Cc1ccc(C2=C(C(=O)NS(=O)(=O)N(C)C)C(=O)N[C@@](c3ccc(OCCCC(F)(F)F)cc3)(C(F)(F)F)C2)cc1. The second-order valence-electron chi connectivity index (χ2n) is 9.56. The number of ether oxygens (including phenoxy) is 1. The highest BCUT2D eigenvalue weighted by molar-refractivity contribution is 7.87. The van der Waals surface area contributed by atoms with Crippen molar-refractivity contribution in [3.63, 3.8) is 0 Å². The minimum atomic E-state index is -5.11. The van der Waals surface area contributed by atoms with Crippen molar-refractivity contribution < 1.29 is 49.1 Å². The van der Waals surface area contributed by atoms with Gasteiger partial charge in [0.2, 0.25) is 0 Å². The predicted molar refractivity (Wildman–Crippen MR) is 137 cm³/mol. The van der Waals surface area contributed by atoms with Crippen molar-refractivity contribution in [3.05, 3.63) is 70.8 Å². The van der Waals surface area contributed by atoms with Crippen molar-refractivity contribution in [2.75, 3.05) is 20.7 Å². The van der Waals surface area contributed by atoms with Crippen LogP contribution in [0, 0.1) is 6.92 Å². The molecular formula is C26H27F6N3O5S. The number of amides is 2. The van der Waals surface area contributed by atoms with Crippen LogP contribution in [0.4, 0.5) is 26.3 Å². The Bertz CT molecular complexity index is 1420. The van der Waals surface area contributed by atoms with Crippen LogP contribution in [0.25, 0.3) is 5.57 Å². The van der Waals surface area contributed by atoms with E-state index in [4.69, 9.17) is 4.74 Å². The van der Waals surface area contributed by atoms with Crippen LogP contribution >= 0.6 is 0 Å². The number of rotatable bonds is 9. The molecule has 0 spiro atoms. The third kappa shape index (κ3) is 7.38. The van der Waals surface area contributed by atoms with Gasteiger partial charge in [-0.05, 0) is 42.2 Å². The van der Waals surface area contributed by atoms with E-state index in [0.717, 1.165) is 43.9 Å². The first-order valence-corrected chi connectivity index (χ1v) is 13.5. The van der Waals surface area contributed by atoms with Gasteiger partial charge < -0.3 is 10.1 Å². The molecule has 0 aromatic heterocycles. The van der Waals surface area contributed by atoms with E-state index in [2.05, 4.69) is 0 Å². The lowest BCUT2D eigenvalue weighted by molar-refractivity contribution is -0.201. The number of carbonyl (C=O) groups excluding carboxylic acids is 2. The van der Waals surface area contributed by atoms with Gasteiger partial charge in [-0.3, -0.25) is 9.59 Å². The molecular weight excluding hydrogens is 580 g/mol. The highest BCUT2D eigenvalue weighted by atomic mass is 32.2. The molecule has 1 heterocycles. The summed E-state index contributed by atoms with van der Waals surface area (Å²) in [6.07, 6.45) is -11.9. The minimum Gasteiger partial charge on any atom is -0.494 e. The predicted octanol–water partition coefficient (Wildman–Crippen LogP) is 4.37. The molecule has 0 bridgehead atoms. The van der Waals surface area contributed by atoms with Gasteiger partial charge in [0.15, 0.2) is 5.54 Å². The maximum Gasteiger partial charge on any atom is 0.416 e. The standard InChI is InChI=1S/C26H27F6N3O5S/c1-16-5-7-17(8-6-16)20-15-24(26(30,31)32,33-22(36)21(20)23(37)34-41(38,39)35(2)3)18-9-11-19(12-10-18)40-14-4-13-25(27,28)29/h5-12H,4,13-15H2,1-3H3,(H,33,36)(H,34,37)/t24-/m0/s1. The first kappa shape index (κ1) is 31.9. The molecule has 224 valence electrons. The monoisotopic (exact) mass is 607 g/mol. The Morgan fingerprint density at radius 1 is 1.02 bits per heavy atom. The summed E-state index contributed by atoms with van der Waals surface area (Å²) >= 11 is 0.